The van der Waals surface area contributed by atoms with Crippen LogP contribution in [0, 0.1) is 11.8 Å². The van der Waals surface area contributed by atoms with Crippen molar-refractivity contribution in [3.63, 3.8) is 0 Å². The highest BCUT2D eigenvalue weighted by Gasteiger charge is 2.31. The van der Waals surface area contributed by atoms with E-state index >= 15 is 0 Å². The standard InChI is InChI=1S/C14H27NS/c1-10(2)13-6-4-5-7-14(13)15-12-8-11(3)16-9-12/h10-15H,4-9H2,1-3H3. The monoisotopic (exact) mass is 241 g/mol. The molecule has 4 atom stereocenters. The fourth-order valence-electron chi connectivity index (χ4n) is 3.40. The van der Waals surface area contributed by atoms with Gasteiger partial charge in [-0.05, 0) is 31.1 Å². The van der Waals surface area contributed by atoms with Gasteiger partial charge in [-0.3, -0.25) is 0 Å². The van der Waals surface area contributed by atoms with E-state index in [1.807, 2.05) is 0 Å². The van der Waals surface area contributed by atoms with Crippen molar-refractivity contribution in [1.82, 2.24) is 5.32 Å². The first-order chi connectivity index (χ1) is 7.66. The number of hydrogen-bond donors (Lipinski definition) is 1. The molecule has 1 N–H and O–H groups in total. The highest BCUT2D eigenvalue weighted by molar-refractivity contribution is 8.00. The molecule has 1 nitrogen and oxygen atoms in total. The van der Waals surface area contributed by atoms with E-state index in [2.05, 4.69) is 37.8 Å². The Kier molecular flexibility index (Phi) is 4.60. The van der Waals surface area contributed by atoms with Crippen LogP contribution in [-0.2, 0) is 0 Å². The lowest BCUT2D eigenvalue weighted by atomic mass is 9.77. The van der Waals surface area contributed by atoms with Gasteiger partial charge in [0.25, 0.3) is 0 Å². The maximum Gasteiger partial charge on any atom is 0.0171 e. The average Bonchev–Trinajstić information content (AvgIpc) is 2.64. The summed E-state index contributed by atoms with van der Waals surface area (Å²) in [6.45, 7) is 7.17. The Morgan fingerprint density at radius 3 is 2.56 bits per heavy atom. The summed E-state index contributed by atoms with van der Waals surface area (Å²) < 4.78 is 0. The lowest BCUT2D eigenvalue weighted by molar-refractivity contribution is 0.194. The molecule has 2 rings (SSSR count). The normalized spacial score (nSPS) is 40.5. The van der Waals surface area contributed by atoms with Crippen LogP contribution in [0.1, 0.15) is 52.9 Å². The molecule has 0 radical (unpaired) electrons. The predicted octanol–water partition coefficient (Wildman–Crippen LogP) is 3.68. The van der Waals surface area contributed by atoms with Gasteiger partial charge in [-0.1, -0.05) is 33.6 Å². The van der Waals surface area contributed by atoms with Gasteiger partial charge in [0, 0.05) is 23.1 Å². The molecule has 4 unspecified atom stereocenters. The van der Waals surface area contributed by atoms with Crippen molar-refractivity contribution in [2.75, 3.05) is 5.75 Å². The summed E-state index contributed by atoms with van der Waals surface area (Å²) in [5.41, 5.74) is 0. The third kappa shape index (κ3) is 3.16. The summed E-state index contributed by atoms with van der Waals surface area (Å²) in [6, 6.07) is 1.61. The smallest absolute Gasteiger partial charge is 0.0171 e. The fourth-order valence-corrected chi connectivity index (χ4v) is 4.56. The third-order valence-electron chi connectivity index (χ3n) is 4.32. The van der Waals surface area contributed by atoms with Crippen LogP contribution < -0.4 is 5.32 Å². The van der Waals surface area contributed by atoms with Gasteiger partial charge in [0.15, 0.2) is 0 Å². The highest BCUT2D eigenvalue weighted by atomic mass is 32.2. The van der Waals surface area contributed by atoms with Crippen LogP contribution in [0.5, 0.6) is 0 Å². The molecule has 0 aromatic rings. The van der Waals surface area contributed by atoms with Gasteiger partial charge >= 0.3 is 0 Å². The summed E-state index contributed by atoms with van der Waals surface area (Å²) in [4.78, 5) is 0. The summed E-state index contributed by atoms with van der Waals surface area (Å²) in [5.74, 6) is 3.11. The minimum Gasteiger partial charge on any atom is -0.310 e. The molecule has 2 aliphatic rings. The number of nitrogens with one attached hydrogen (secondary N) is 1. The number of hydrogen-bond acceptors (Lipinski definition) is 2. The van der Waals surface area contributed by atoms with Crippen LogP contribution in [0.25, 0.3) is 0 Å². The van der Waals surface area contributed by atoms with Gasteiger partial charge < -0.3 is 5.32 Å². The largest absolute Gasteiger partial charge is 0.310 e. The summed E-state index contributed by atoms with van der Waals surface area (Å²) in [5, 5.41) is 4.83. The summed E-state index contributed by atoms with van der Waals surface area (Å²) in [6.07, 6.45) is 7.14. The van der Waals surface area contributed by atoms with Crippen molar-refractivity contribution >= 4 is 11.8 Å². The molecule has 2 fully saturated rings. The van der Waals surface area contributed by atoms with E-state index in [0.29, 0.717) is 0 Å². The van der Waals surface area contributed by atoms with Gasteiger partial charge in [0.2, 0.25) is 0 Å². The second-order valence-corrected chi connectivity index (χ2v) is 7.51. The minimum absolute atomic E-state index is 0.796. The molecule has 0 aromatic heterocycles. The molecular formula is C14H27NS. The molecule has 2 heteroatoms. The van der Waals surface area contributed by atoms with Crippen LogP contribution in [0.2, 0.25) is 0 Å². The molecule has 0 aromatic carbocycles. The van der Waals surface area contributed by atoms with Crippen LogP contribution in [0.15, 0.2) is 0 Å². The third-order valence-corrected chi connectivity index (χ3v) is 5.68. The van der Waals surface area contributed by atoms with Gasteiger partial charge in [-0.2, -0.15) is 11.8 Å². The molecule has 16 heavy (non-hydrogen) atoms. The zero-order valence-electron chi connectivity index (χ0n) is 11.0. The second-order valence-electron chi connectivity index (χ2n) is 6.04. The molecule has 94 valence electrons. The second kappa shape index (κ2) is 5.77. The first kappa shape index (κ1) is 12.8. The molecule has 0 bridgehead atoms. The molecule has 0 amide bonds. The van der Waals surface area contributed by atoms with Crippen molar-refractivity contribution in [2.45, 2.75) is 70.2 Å². The zero-order chi connectivity index (χ0) is 11.5. The molecule has 1 aliphatic carbocycles. The van der Waals surface area contributed by atoms with Gasteiger partial charge in [0.1, 0.15) is 0 Å². The summed E-state index contributed by atoms with van der Waals surface area (Å²) in [7, 11) is 0. The van der Waals surface area contributed by atoms with E-state index in [0.717, 1.165) is 29.2 Å². The van der Waals surface area contributed by atoms with Gasteiger partial charge in [-0.25, -0.2) is 0 Å². The first-order valence-corrected chi connectivity index (χ1v) is 8.09. The van der Waals surface area contributed by atoms with Gasteiger partial charge in [-0.15, -0.1) is 0 Å². The maximum atomic E-state index is 3.96. The zero-order valence-corrected chi connectivity index (χ0v) is 11.9. The lowest BCUT2D eigenvalue weighted by Gasteiger charge is -2.36. The Labute approximate surface area is 105 Å². The van der Waals surface area contributed by atoms with Crippen LogP contribution in [-0.4, -0.2) is 23.1 Å². The maximum absolute atomic E-state index is 3.96. The van der Waals surface area contributed by atoms with Crippen molar-refractivity contribution in [3.8, 4) is 0 Å². The summed E-state index contributed by atoms with van der Waals surface area (Å²) >= 11 is 2.14. The van der Waals surface area contributed by atoms with Crippen LogP contribution in [0.4, 0.5) is 0 Å². The molecule has 0 spiro atoms. The molecule has 1 saturated carbocycles. The van der Waals surface area contributed by atoms with Crippen LogP contribution >= 0.6 is 11.8 Å². The van der Waals surface area contributed by atoms with E-state index < -0.39 is 0 Å². The van der Waals surface area contributed by atoms with Crippen molar-refractivity contribution < 1.29 is 0 Å². The van der Waals surface area contributed by atoms with Gasteiger partial charge in [0.05, 0.1) is 0 Å². The molecule has 1 heterocycles. The molecule has 1 aliphatic heterocycles. The van der Waals surface area contributed by atoms with E-state index in [4.69, 9.17) is 0 Å². The van der Waals surface area contributed by atoms with Crippen LogP contribution in [0.3, 0.4) is 0 Å². The first-order valence-electron chi connectivity index (χ1n) is 7.04. The van der Waals surface area contributed by atoms with E-state index in [1.54, 1.807) is 0 Å². The minimum atomic E-state index is 0.796. The molecular weight excluding hydrogens is 214 g/mol. The Morgan fingerprint density at radius 2 is 1.94 bits per heavy atom. The van der Waals surface area contributed by atoms with Crippen molar-refractivity contribution in [2.24, 2.45) is 11.8 Å². The quantitative estimate of drug-likeness (QED) is 0.809. The Bertz CT molecular complexity index is 217. The van der Waals surface area contributed by atoms with E-state index in [-0.39, 0.29) is 0 Å². The van der Waals surface area contributed by atoms with Crippen molar-refractivity contribution in [1.29, 1.82) is 0 Å². The topological polar surface area (TPSA) is 12.0 Å². The number of thioether (sulfide) groups is 1. The highest BCUT2D eigenvalue weighted by Crippen LogP contribution is 2.33. The fraction of sp³-hybridized carbons (Fsp3) is 1.00. The predicted molar refractivity (Wildman–Crippen MR) is 74.0 cm³/mol. The average molecular weight is 241 g/mol. The Morgan fingerprint density at radius 1 is 1.19 bits per heavy atom. The Hall–Kier alpha value is 0.310. The van der Waals surface area contributed by atoms with E-state index in [9.17, 15) is 0 Å². The van der Waals surface area contributed by atoms with Crippen molar-refractivity contribution in [3.05, 3.63) is 0 Å². The SMILES string of the molecule is CC1CC(NC2CCCCC2C(C)C)CS1. The number of rotatable bonds is 3. The van der Waals surface area contributed by atoms with E-state index in [1.165, 1.54) is 37.9 Å². The Balaban J connectivity index is 1.86. The lowest BCUT2D eigenvalue weighted by Crippen LogP contribution is -2.46. The molecule has 1 saturated heterocycles.